The maximum atomic E-state index is 11.6. The zero-order valence-corrected chi connectivity index (χ0v) is 16.9. The van der Waals surface area contributed by atoms with Crippen molar-refractivity contribution >= 4 is 28.5 Å². The van der Waals surface area contributed by atoms with Crippen molar-refractivity contribution in [1.82, 2.24) is 4.98 Å². The molecule has 0 saturated carbocycles. The molecule has 2 aromatic heterocycles. The van der Waals surface area contributed by atoms with E-state index in [1.807, 2.05) is 18.2 Å². The highest BCUT2D eigenvalue weighted by Crippen LogP contribution is 2.31. The third kappa shape index (κ3) is 3.76. The zero-order valence-electron chi connectivity index (χ0n) is 16.1. The number of furan rings is 1. The summed E-state index contributed by atoms with van der Waals surface area (Å²) in [4.78, 5) is 16.2. The molecule has 0 aliphatic rings. The van der Waals surface area contributed by atoms with Crippen molar-refractivity contribution in [2.24, 2.45) is 0 Å². The summed E-state index contributed by atoms with van der Waals surface area (Å²) in [5.74, 6) is 0.414. The lowest BCUT2D eigenvalue weighted by molar-refractivity contribution is -0.254. The highest BCUT2D eigenvalue weighted by molar-refractivity contribution is 6.31. The van der Waals surface area contributed by atoms with Crippen LogP contribution < -0.4 is 5.11 Å². The molecule has 0 aliphatic heterocycles. The number of carbonyl (C=O) groups excluding carboxylic acids is 1. The molecule has 2 heterocycles. The Bertz CT molecular complexity index is 1190. The van der Waals surface area contributed by atoms with Crippen molar-refractivity contribution in [1.29, 1.82) is 0 Å². The average Bonchev–Trinajstić information content (AvgIpc) is 3.22. The van der Waals surface area contributed by atoms with Crippen molar-refractivity contribution in [3.8, 4) is 22.8 Å². The van der Waals surface area contributed by atoms with Crippen molar-refractivity contribution in [3.63, 3.8) is 0 Å². The molecule has 2 aromatic carbocycles. The van der Waals surface area contributed by atoms with E-state index in [9.17, 15) is 9.90 Å². The maximum Gasteiger partial charge on any atom is 0.153 e. The summed E-state index contributed by atoms with van der Waals surface area (Å²) >= 11 is 6.00. The predicted molar refractivity (Wildman–Crippen MR) is 113 cm³/mol. The molecule has 4 rings (SSSR count). The number of carboxylic acids is 1. The molecule has 0 bridgehead atoms. The van der Waals surface area contributed by atoms with E-state index < -0.39 is 5.97 Å². The second-order valence-corrected chi connectivity index (χ2v) is 7.54. The lowest BCUT2D eigenvalue weighted by Crippen LogP contribution is -2.22. The van der Waals surface area contributed by atoms with Crippen LogP contribution in [0.4, 0.5) is 0 Å². The summed E-state index contributed by atoms with van der Waals surface area (Å²) in [6, 6.07) is 18.3. The molecule has 1 atom stereocenters. The summed E-state index contributed by atoms with van der Waals surface area (Å²) < 4.78 is 5.99. The van der Waals surface area contributed by atoms with Crippen LogP contribution in [0, 0.1) is 0 Å². The van der Waals surface area contributed by atoms with E-state index in [-0.39, 0.29) is 5.56 Å². The number of carbonyl (C=O) groups is 1. The number of pyridine rings is 1. The van der Waals surface area contributed by atoms with E-state index in [0.717, 1.165) is 12.0 Å². The van der Waals surface area contributed by atoms with Gasteiger partial charge < -0.3 is 14.3 Å². The number of halogens is 1. The number of hydrogen-bond donors (Lipinski definition) is 0. The van der Waals surface area contributed by atoms with Crippen LogP contribution in [0.15, 0.2) is 65.1 Å². The van der Waals surface area contributed by atoms with Gasteiger partial charge in [-0.2, -0.15) is 0 Å². The van der Waals surface area contributed by atoms with Crippen LogP contribution >= 0.6 is 11.6 Å². The molecule has 29 heavy (non-hydrogen) atoms. The average molecular weight is 405 g/mol. The van der Waals surface area contributed by atoms with E-state index in [4.69, 9.17) is 16.0 Å². The molecule has 0 saturated heterocycles. The Morgan fingerprint density at radius 1 is 1.07 bits per heavy atom. The molecule has 146 valence electrons. The normalized spacial score (nSPS) is 12.2. The Morgan fingerprint density at radius 3 is 2.48 bits per heavy atom. The topological polar surface area (TPSA) is 66.2 Å². The largest absolute Gasteiger partial charge is 0.545 e. The van der Waals surface area contributed by atoms with Crippen molar-refractivity contribution in [3.05, 3.63) is 76.8 Å². The molecule has 5 heteroatoms. The smallest absolute Gasteiger partial charge is 0.153 e. The molecule has 0 amide bonds. The first-order valence-corrected chi connectivity index (χ1v) is 9.86. The molecule has 0 N–H and O–H groups in total. The van der Waals surface area contributed by atoms with Gasteiger partial charge in [0.15, 0.2) is 5.76 Å². The molecule has 0 aliphatic carbocycles. The van der Waals surface area contributed by atoms with Gasteiger partial charge in [0.25, 0.3) is 0 Å². The zero-order chi connectivity index (χ0) is 20.5. The van der Waals surface area contributed by atoms with Crippen molar-refractivity contribution < 1.29 is 14.3 Å². The summed E-state index contributed by atoms with van der Waals surface area (Å²) in [5.41, 5.74) is 3.22. The van der Waals surface area contributed by atoms with Gasteiger partial charge in [-0.05, 0) is 54.3 Å². The quantitative estimate of drug-likeness (QED) is 0.428. The highest BCUT2D eigenvalue weighted by Gasteiger charge is 2.13. The van der Waals surface area contributed by atoms with Gasteiger partial charge in [0, 0.05) is 21.5 Å². The minimum Gasteiger partial charge on any atom is -0.545 e. The molecule has 4 nitrogen and oxygen atoms in total. The first-order valence-electron chi connectivity index (χ1n) is 9.48. The summed E-state index contributed by atoms with van der Waals surface area (Å²) in [5, 5.41) is 12.5. The second kappa shape index (κ2) is 7.72. The lowest BCUT2D eigenvalue weighted by atomic mass is 9.97. The van der Waals surface area contributed by atoms with Gasteiger partial charge in [0.2, 0.25) is 0 Å². The van der Waals surface area contributed by atoms with Gasteiger partial charge in [-0.25, -0.2) is 4.98 Å². The van der Waals surface area contributed by atoms with Crippen LogP contribution in [-0.2, 0) is 0 Å². The van der Waals surface area contributed by atoms with Gasteiger partial charge in [0.05, 0.1) is 11.5 Å². The Balaban J connectivity index is 1.73. The fraction of sp³-hybridized carbons (Fsp3) is 0.167. The van der Waals surface area contributed by atoms with Crippen LogP contribution in [0.5, 0.6) is 0 Å². The Kier molecular flexibility index (Phi) is 5.12. The number of aromatic nitrogens is 1. The number of rotatable bonds is 5. The second-order valence-electron chi connectivity index (χ2n) is 7.10. The van der Waals surface area contributed by atoms with E-state index in [1.54, 1.807) is 24.3 Å². The monoisotopic (exact) mass is 404 g/mol. The van der Waals surface area contributed by atoms with Crippen LogP contribution in [0.1, 0.15) is 42.1 Å². The third-order valence-electron chi connectivity index (χ3n) is 5.23. The van der Waals surface area contributed by atoms with Gasteiger partial charge in [-0.15, -0.1) is 0 Å². The first-order chi connectivity index (χ1) is 14.0. The predicted octanol–water partition coefficient (Wildman–Crippen LogP) is 5.69. The van der Waals surface area contributed by atoms with Crippen LogP contribution in [0.2, 0.25) is 5.02 Å². The SMILES string of the molecule is CC[C@H](C)c1ccc(-c2ccc(-c3cc(C(=O)[O-])c4cc(Cl)ccc4n3)o2)cc1. The summed E-state index contributed by atoms with van der Waals surface area (Å²) in [6.07, 6.45) is 1.09. The number of fused-ring (bicyclic) bond motifs is 1. The maximum absolute atomic E-state index is 11.6. The molecule has 0 fully saturated rings. The van der Waals surface area contributed by atoms with Crippen LogP contribution in [0.3, 0.4) is 0 Å². The lowest BCUT2D eigenvalue weighted by Gasteiger charge is -2.10. The minimum atomic E-state index is -1.28. The molecule has 4 aromatic rings. The molecular weight excluding hydrogens is 386 g/mol. The fourth-order valence-electron chi connectivity index (χ4n) is 3.34. The number of hydrogen-bond acceptors (Lipinski definition) is 4. The van der Waals surface area contributed by atoms with Gasteiger partial charge >= 0.3 is 0 Å². The minimum absolute atomic E-state index is 0.0309. The van der Waals surface area contributed by atoms with E-state index >= 15 is 0 Å². The number of benzene rings is 2. The van der Waals surface area contributed by atoms with E-state index in [2.05, 4.69) is 31.0 Å². The van der Waals surface area contributed by atoms with Crippen LogP contribution in [-0.4, -0.2) is 11.0 Å². The van der Waals surface area contributed by atoms with Gasteiger partial charge in [-0.3, -0.25) is 0 Å². The third-order valence-corrected chi connectivity index (χ3v) is 5.46. The first kappa shape index (κ1) is 19.2. The van der Waals surface area contributed by atoms with Crippen molar-refractivity contribution in [2.45, 2.75) is 26.2 Å². The van der Waals surface area contributed by atoms with E-state index in [1.165, 1.54) is 11.6 Å². The molecule has 0 radical (unpaired) electrons. The number of carboxylic acid groups (broad SMARTS) is 1. The Labute approximate surface area is 173 Å². The molecule has 0 unspecified atom stereocenters. The number of aromatic carboxylic acids is 1. The Hall–Kier alpha value is -3.11. The highest BCUT2D eigenvalue weighted by atomic mass is 35.5. The Morgan fingerprint density at radius 2 is 1.79 bits per heavy atom. The van der Waals surface area contributed by atoms with E-state index in [0.29, 0.717) is 39.1 Å². The molecule has 0 spiro atoms. The number of nitrogens with zero attached hydrogens (tertiary/aromatic N) is 1. The molecular formula is C24H19ClNO3-. The fourth-order valence-corrected chi connectivity index (χ4v) is 3.51. The van der Waals surface area contributed by atoms with Crippen LogP contribution in [0.25, 0.3) is 33.7 Å². The van der Waals surface area contributed by atoms with Gasteiger partial charge in [0.1, 0.15) is 11.5 Å². The summed E-state index contributed by atoms with van der Waals surface area (Å²) in [7, 11) is 0. The van der Waals surface area contributed by atoms with Crippen molar-refractivity contribution in [2.75, 3.05) is 0 Å². The summed E-state index contributed by atoms with van der Waals surface area (Å²) in [6.45, 7) is 4.37. The van der Waals surface area contributed by atoms with Gasteiger partial charge in [-0.1, -0.05) is 49.7 Å². The standard InChI is InChI=1S/C24H20ClNO3/c1-3-14(2)15-4-6-16(7-5-15)22-10-11-23(29-22)21-13-19(24(27)28)18-12-17(25)8-9-20(18)26-21/h4-14H,3H2,1-2H3,(H,27,28)/p-1/t14-/m0/s1.